The minimum atomic E-state index is -1.11. The minimum absolute atomic E-state index is 0.246. The van der Waals surface area contributed by atoms with Gasteiger partial charge in [-0.25, -0.2) is 4.98 Å². The Hall–Kier alpha value is -1.69. The zero-order valence-electron chi connectivity index (χ0n) is 14.6. The molecule has 2 atom stereocenters. The molecule has 1 aromatic carbocycles. The summed E-state index contributed by atoms with van der Waals surface area (Å²) in [5.41, 5.74) is 2.77. The van der Waals surface area contributed by atoms with E-state index in [1.165, 1.54) is 12.8 Å². The van der Waals surface area contributed by atoms with Crippen molar-refractivity contribution in [2.24, 2.45) is 0 Å². The highest BCUT2D eigenvalue weighted by Crippen LogP contribution is 2.35. The lowest BCUT2D eigenvalue weighted by molar-refractivity contribution is 0.0110. The Balaban J connectivity index is 1.74. The van der Waals surface area contributed by atoms with E-state index in [1.54, 1.807) is 12.5 Å². The number of pyridine rings is 1. The van der Waals surface area contributed by atoms with Gasteiger partial charge in [0.2, 0.25) is 0 Å². The monoisotopic (exact) mass is 388 g/mol. The van der Waals surface area contributed by atoms with Gasteiger partial charge in [-0.05, 0) is 48.7 Å². The van der Waals surface area contributed by atoms with Crippen LogP contribution in [-0.4, -0.2) is 26.5 Å². The molecule has 0 radical (unpaired) electrons. The van der Waals surface area contributed by atoms with Crippen molar-refractivity contribution in [3.8, 4) is 0 Å². The number of nitrogens with one attached hydrogen (secondary N) is 1. The van der Waals surface area contributed by atoms with Crippen LogP contribution in [0.4, 0.5) is 0 Å². The Morgan fingerprint density at radius 1 is 1.27 bits per heavy atom. The first-order valence-corrected chi connectivity index (χ1v) is 10.8. The first kappa shape index (κ1) is 17.7. The molecule has 1 aliphatic carbocycles. The van der Waals surface area contributed by atoms with Gasteiger partial charge in [0.25, 0.3) is 0 Å². The Labute approximate surface area is 160 Å². The minimum Gasteiger partial charge on any atom is -0.364 e. The van der Waals surface area contributed by atoms with Crippen molar-refractivity contribution >= 4 is 33.4 Å². The molecule has 4 rings (SSSR count). The summed E-state index contributed by atoms with van der Waals surface area (Å²) in [5.74, 6) is 0. The van der Waals surface area contributed by atoms with E-state index in [0.717, 1.165) is 35.1 Å². The number of benzene rings is 1. The molecule has 4 nitrogen and oxygen atoms in total. The second kappa shape index (κ2) is 7.51. The number of rotatable bonds is 5. The number of ether oxygens (including phenoxy) is 1. The first-order chi connectivity index (χ1) is 12.6. The fourth-order valence-electron chi connectivity index (χ4n) is 3.58. The highest BCUT2D eigenvalue weighted by Gasteiger charge is 2.25. The lowest BCUT2D eigenvalue weighted by atomic mass is 10.1. The molecular formula is C20H21ClN2O2S. The summed E-state index contributed by atoms with van der Waals surface area (Å²) >= 11 is 6.38. The summed E-state index contributed by atoms with van der Waals surface area (Å²) in [4.78, 5) is 8.42. The third kappa shape index (κ3) is 3.56. The molecule has 2 aromatic heterocycles. The maximum atomic E-state index is 11.8. The molecule has 1 saturated carbocycles. The van der Waals surface area contributed by atoms with Crippen molar-refractivity contribution in [1.82, 2.24) is 9.97 Å². The summed E-state index contributed by atoms with van der Waals surface area (Å²) in [6.07, 6.45) is 8.00. The van der Waals surface area contributed by atoms with E-state index in [4.69, 9.17) is 16.3 Å². The molecule has 0 aliphatic heterocycles. The van der Waals surface area contributed by atoms with Crippen molar-refractivity contribution in [2.75, 3.05) is 6.26 Å². The van der Waals surface area contributed by atoms with E-state index in [9.17, 15) is 4.21 Å². The molecular weight excluding hydrogens is 368 g/mol. The normalized spacial score (nSPS) is 17.6. The SMILES string of the molecule is CS(=O)c1ccc(C(OC2CCCC2)c2cc3cccnc3[nH]2)cc1Cl. The molecule has 0 bridgehead atoms. The number of nitrogens with zero attached hydrogens (tertiary/aromatic N) is 1. The van der Waals surface area contributed by atoms with Gasteiger partial charge in [0, 0.05) is 17.8 Å². The van der Waals surface area contributed by atoms with E-state index in [-0.39, 0.29) is 12.2 Å². The smallest absolute Gasteiger partial charge is 0.137 e. The number of hydrogen-bond acceptors (Lipinski definition) is 3. The number of aromatic nitrogens is 2. The molecule has 0 saturated heterocycles. The van der Waals surface area contributed by atoms with Crippen molar-refractivity contribution in [2.45, 2.75) is 42.8 Å². The molecule has 1 fully saturated rings. The lowest BCUT2D eigenvalue weighted by Gasteiger charge is -2.22. The van der Waals surface area contributed by atoms with Crippen LogP contribution in [0.25, 0.3) is 11.0 Å². The molecule has 0 spiro atoms. The predicted molar refractivity (Wildman–Crippen MR) is 105 cm³/mol. The van der Waals surface area contributed by atoms with Crippen LogP contribution >= 0.6 is 11.6 Å². The number of aromatic amines is 1. The van der Waals surface area contributed by atoms with Gasteiger partial charge in [-0.3, -0.25) is 4.21 Å². The van der Waals surface area contributed by atoms with Crippen molar-refractivity contribution in [1.29, 1.82) is 0 Å². The first-order valence-electron chi connectivity index (χ1n) is 8.84. The van der Waals surface area contributed by atoms with Crippen molar-refractivity contribution in [3.05, 3.63) is 58.9 Å². The summed E-state index contributed by atoms with van der Waals surface area (Å²) in [5, 5.41) is 1.57. The van der Waals surface area contributed by atoms with Crippen LogP contribution in [0.3, 0.4) is 0 Å². The van der Waals surface area contributed by atoms with Gasteiger partial charge in [-0.2, -0.15) is 0 Å². The number of hydrogen-bond donors (Lipinski definition) is 1. The van der Waals surface area contributed by atoms with E-state index in [0.29, 0.717) is 9.92 Å². The zero-order valence-corrected chi connectivity index (χ0v) is 16.1. The average molecular weight is 389 g/mol. The summed E-state index contributed by atoms with van der Waals surface area (Å²) in [6.45, 7) is 0. The van der Waals surface area contributed by atoms with Crippen molar-refractivity contribution < 1.29 is 8.95 Å². The Morgan fingerprint density at radius 2 is 2.08 bits per heavy atom. The fraction of sp³-hybridized carbons (Fsp3) is 0.350. The third-order valence-corrected chi connectivity index (χ3v) is 6.29. The van der Waals surface area contributed by atoms with Crippen LogP contribution in [-0.2, 0) is 15.5 Å². The van der Waals surface area contributed by atoms with Crippen LogP contribution in [0.2, 0.25) is 5.02 Å². The molecule has 2 heterocycles. The molecule has 0 amide bonds. The molecule has 26 heavy (non-hydrogen) atoms. The van der Waals surface area contributed by atoms with Gasteiger partial charge in [0.05, 0.1) is 32.5 Å². The van der Waals surface area contributed by atoms with E-state index < -0.39 is 10.8 Å². The molecule has 1 aliphatic rings. The number of H-pyrrole nitrogens is 1. The summed E-state index contributed by atoms with van der Waals surface area (Å²) in [7, 11) is -1.11. The van der Waals surface area contributed by atoms with E-state index in [2.05, 4.69) is 16.0 Å². The average Bonchev–Trinajstić information content (AvgIpc) is 3.28. The zero-order chi connectivity index (χ0) is 18.1. The molecule has 2 unspecified atom stereocenters. The van der Waals surface area contributed by atoms with Crippen LogP contribution in [0.1, 0.15) is 43.0 Å². The van der Waals surface area contributed by atoms with Gasteiger partial charge in [-0.15, -0.1) is 0 Å². The largest absolute Gasteiger partial charge is 0.364 e. The van der Waals surface area contributed by atoms with Crippen LogP contribution < -0.4 is 0 Å². The van der Waals surface area contributed by atoms with Crippen LogP contribution in [0.5, 0.6) is 0 Å². The maximum absolute atomic E-state index is 11.8. The standard InChI is InChI=1S/C20H21ClN2O2S/c1-26(24)18-9-8-13(11-16(18)21)19(25-15-6-2-3-7-15)17-12-14-5-4-10-22-20(14)23-17/h4-5,8-12,15,19H,2-3,6-7H2,1H3,(H,22,23). The Morgan fingerprint density at radius 3 is 2.77 bits per heavy atom. The Bertz CT molecular complexity index is 917. The van der Waals surface area contributed by atoms with Crippen molar-refractivity contribution in [3.63, 3.8) is 0 Å². The number of fused-ring (bicyclic) bond motifs is 1. The molecule has 136 valence electrons. The highest BCUT2D eigenvalue weighted by molar-refractivity contribution is 7.84. The van der Waals surface area contributed by atoms with Gasteiger partial charge in [0.15, 0.2) is 0 Å². The van der Waals surface area contributed by atoms with Crippen LogP contribution in [0, 0.1) is 0 Å². The van der Waals surface area contributed by atoms with Crippen LogP contribution in [0.15, 0.2) is 47.5 Å². The van der Waals surface area contributed by atoms with Gasteiger partial charge >= 0.3 is 0 Å². The second-order valence-corrected chi connectivity index (χ2v) is 8.49. The van der Waals surface area contributed by atoms with Gasteiger partial charge in [-0.1, -0.05) is 30.5 Å². The molecule has 3 aromatic rings. The summed E-state index contributed by atoms with van der Waals surface area (Å²) < 4.78 is 18.3. The maximum Gasteiger partial charge on any atom is 0.137 e. The second-order valence-electron chi connectivity index (χ2n) is 6.73. The van der Waals surface area contributed by atoms with Gasteiger partial charge < -0.3 is 9.72 Å². The van der Waals surface area contributed by atoms with E-state index in [1.807, 2.05) is 30.3 Å². The summed E-state index contributed by atoms with van der Waals surface area (Å²) in [6, 6.07) is 11.7. The van der Waals surface area contributed by atoms with E-state index >= 15 is 0 Å². The predicted octanol–water partition coefficient (Wildman–Crippen LogP) is 5.00. The molecule has 6 heteroatoms. The Kier molecular flexibility index (Phi) is 5.11. The highest BCUT2D eigenvalue weighted by atomic mass is 35.5. The number of halogens is 1. The lowest BCUT2D eigenvalue weighted by Crippen LogP contribution is -2.15. The topological polar surface area (TPSA) is 55.0 Å². The third-order valence-electron chi connectivity index (χ3n) is 4.89. The fourth-order valence-corrected chi connectivity index (χ4v) is 4.69. The van der Waals surface area contributed by atoms with Gasteiger partial charge in [0.1, 0.15) is 11.8 Å². The quantitative estimate of drug-likeness (QED) is 0.668. The molecule has 1 N–H and O–H groups in total.